The third kappa shape index (κ3) is 4.98. The monoisotopic (exact) mass is 691 g/mol. The maximum Gasteiger partial charge on any atom is 0.164 e. The van der Waals surface area contributed by atoms with Gasteiger partial charge in [0.1, 0.15) is 22.3 Å². The number of para-hydroxylation sites is 1. The number of hydrogen-bond acceptors (Lipinski definition) is 5. The zero-order valence-corrected chi connectivity index (χ0v) is 28.9. The molecule has 0 unspecified atom stereocenters. The topological polar surface area (TPSA) is 65.0 Å². The average Bonchev–Trinajstić information content (AvgIpc) is 3.82. The molecule has 0 aliphatic heterocycles. The molecule has 0 aliphatic carbocycles. The van der Waals surface area contributed by atoms with E-state index in [2.05, 4.69) is 140 Å². The highest BCUT2D eigenvalue weighted by Crippen LogP contribution is 2.39. The van der Waals surface area contributed by atoms with E-state index >= 15 is 0 Å². The molecular weight excluding hydrogens is 663 g/mol. The van der Waals surface area contributed by atoms with Crippen LogP contribution >= 0.6 is 0 Å². The quantitative estimate of drug-likeness (QED) is 0.180. The fraction of sp³-hybridized carbons (Fsp3) is 0. The highest BCUT2D eigenvalue weighted by atomic mass is 16.3. The molecule has 3 heterocycles. The molecule has 0 bridgehead atoms. The predicted molar refractivity (Wildman–Crippen MR) is 219 cm³/mol. The lowest BCUT2D eigenvalue weighted by Crippen LogP contribution is -2.00. The van der Waals surface area contributed by atoms with Crippen molar-refractivity contribution in [1.82, 2.24) is 15.0 Å². The minimum Gasteiger partial charge on any atom is -0.456 e. The zero-order chi connectivity index (χ0) is 35.6. The number of rotatable bonds is 5. The van der Waals surface area contributed by atoms with Crippen LogP contribution in [0.5, 0.6) is 0 Å². The molecule has 0 radical (unpaired) electrons. The van der Waals surface area contributed by atoms with Crippen LogP contribution in [0.15, 0.2) is 185 Å². The minimum absolute atomic E-state index is 0.589. The van der Waals surface area contributed by atoms with Crippen molar-refractivity contribution in [2.75, 3.05) is 0 Å². The summed E-state index contributed by atoms with van der Waals surface area (Å²) in [5.74, 6) is 1.79. The molecule has 8 aromatic carbocycles. The van der Waals surface area contributed by atoms with Crippen molar-refractivity contribution >= 4 is 54.6 Å². The van der Waals surface area contributed by atoms with Crippen LogP contribution in [0.3, 0.4) is 0 Å². The van der Waals surface area contributed by atoms with Crippen LogP contribution in [0.25, 0.3) is 111 Å². The molecule has 0 atom stereocenters. The molecule has 54 heavy (non-hydrogen) atoms. The molecule has 0 N–H and O–H groups in total. The third-order valence-electron chi connectivity index (χ3n) is 10.4. The molecule has 0 spiro atoms. The number of fused-ring (bicyclic) bond motifs is 8. The standard InChI is InChI=1S/C49H29N3O2/c1-2-9-30(10-3-1)31-17-21-34(22-18-31)47-50-48(52-49(51-47)40-14-8-16-42-46(40)38-13-6-7-15-41(38)53-42)35-23-19-32(20-24-35)36-25-27-39-44(29-36)54-43-28-26-33-11-4-5-12-37(33)45(39)43/h1-29H. The summed E-state index contributed by atoms with van der Waals surface area (Å²) in [5.41, 5.74) is 10.5. The van der Waals surface area contributed by atoms with Crippen LogP contribution in [-0.2, 0) is 0 Å². The molecule has 3 aromatic heterocycles. The van der Waals surface area contributed by atoms with Gasteiger partial charge in [0, 0.05) is 38.2 Å². The summed E-state index contributed by atoms with van der Waals surface area (Å²) in [4.78, 5) is 15.3. The second-order valence-electron chi connectivity index (χ2n) is 13.6. The summed E-state index contributed by atoms with van der Waals surface area (Å²) in [6.45, 7) is 0. The summed E-state index contributed by atoms with van der Waals surface area (Å²) >= 11 is 0. The molecule has 0 aliphatic rings. The van der Waals surface area contributed by atoms with Gasteiger partial charge in [-0.05, 0) is 63.4 Å². The van der Waals surface area contributed by atoms with Crippen LogP contribution in [0, 0.1) is 0 Å². The van der Waals surface area contributed by atoms with Crippen molar-refractivity contribution in [2.45, 2.75) is 0 Å². The molecule has 0 fully saturated rings. The lowest BCUT2D eigenvalue weighted by atomic mass is 10.00. The van der Waals surface area contributed by atoms with Gasteiger partial charge in [0.05, 0.1) is 0 Å². The van der Waals surface area contributed by atoms with E-state index in [0.717, 1.165) is 82.8 Å². The molecule has 5 heteroatoms. The first-order valence-corrected chi connectivity index (χ1v) is 18.0. The fourth-order valence-electron chi connectivity index (χ4n) is 7.70. The number of benzene rings is 8. The van der Waals surface area contributed by atoms with Crippen molar-refractivity contribution in [3.05, 3.63) is 176 Å². The van der Waals surface area contributed by atoms with E-state index in [1.807, 2.05) is 36.4 Å². The summed E-state index contributed by atoms with van der Waals surface area (Å²) in [5, 5.41) is 6.69. The highest BCUT2D eigenvalue weighted by molar-refractivity contribution is 6.19. The second-order valence-corrected chi connectivity index (χ2v) is 13.6. The summed E-state index contributed by atoms with van der Waals surface area (Å²) in [6, 6.07) is 60.4. The van der Waals surface area contributed by atoms with Gasteiger partial charge in [0.25, 0.3) is 0 Å². The average molecular weight is 692 g/mol. The first-order chi connectivity index (χ1) is 26.7. The Morgan fingerprint density at radius 2 is 0.833 bits per heavy atom. The molecule has 11 rings (SSSR count). The van der Waals surface area contributed by atoms with Gasteiger partial charge in [-0.2, -0.15) is 0 Å². The predicted octanol–water partition coefficient (Wildman–Crippen LogP) is 13.2. The van der Waals surface area contributed by atoms with Gasteiger partial charge in [-0.15, -0.1) is 0 Å². The Morgan fingerprint density at radius 1 is 0.296 bits per heavy atom. The van der Waals surface area contributed by atoms with E-state index in [4.69, 9.17) is 23.8 Å². The highest BCUT2D eigenvalue weighted by Gasteiger charge is 2.18. The Kier molecular flexibility index (Phi) is 6.79. The summed E-state index contributed by atoms with van der Waals surface area (Å²) in [7, 11) is 0. The second kappa shape index (κ2) is 12.1. The van der Waals surface area contributed by atoms with E-state index in [1.165, 1.54) is 10.8 Å². The van der Waals surface area contributed by atoms with Gasteiger partial charge in [-0.25, -0.2) is 15.0 Å². The van der Waals surface area contributed by atoms with E-state index in [9.17, 15) is 0 Å². The fourth-order valence-corrected chi connectivity index (χ4v) is 7.70. The molecule has 0 saturated heterocycles. The van der Waals surface area contributed by atoms with Crippen LogP contribution < -0.4 is 0 Å². The Hall–Kier alpha value is -7.37. The van der Waals surface area contributed by atoms with Crippen LogP contribution in [0.2, 0.25) is 0 Å². The Labute approximate surface area is 309 Å². The lowest BCUT2D eigenvalue weighted by molar-refractivity contribution is 0.668. The molecule has 252 valence electrons. The smallest absolute Gasteiger partial charge is 0.164 e. The number of hydrogen-bond donors (Lipinski definition) is 0. The summed E-state index contributed by atoms with van der Waals surface area (Å²) in [6.07, 6.45) is 0. The molecule has 5 nitrogen and oxygen atoms in total. The number of aromatic nitrogens is 3. The molecular formula is C49H29N3O2. The lowest BCUT2D eigenvalue weighted by Gasteiger charge is -2.10. The first kappa shape index (κ1) is 30.3. The Balaban J connectivity index is 1.02. The van der Waals surface area contributed by atoms with Crippen LogP contribution in [0.4, 0.5) is 0 Å². The number of furan rings is 2. The van der Waals surface area contributed by atoms with Gasteiger partial charge >= 0.3 is 0 Å². The maximum atomic E-state index is 6.38. The van der Waals surface area contributed by atoms with Crippen LogP contribution in [0.1, 0.15) is 0 Å². The van der Waals surface area contributed by atoms with E-state index in [-0.39, 0.29) is 0 Å². The van der Waals surface area contributed by atoms with Crippen LogP contribution in [-0.4, -0.2) is 15.0 Å². The van der Waals surface area contributed by atoms with Crippen molar-refractivity contribution in [1.29, 1.82) is 0 Å². The molecule has 0 saturated carbocycles. The van der Waals surface area contributed by atoms with E-state index < -0.39 is 0 Å². The van der Waals surface area contributed by atoms with Crippen molar-refractivity contribution in [3.8, 4) is 56.4 Å². The van der Waals surface area contributed by atoms with Gasteiger partial charge in [-0.3, -0.25) is 0 Å². The van der Waals surface area contributed by atoms with Crippen molar-refractivity contribution in [3.63, 3.8) is 0 Å². The Morgan fingerprint density at radius 3 is 1.61 bits per heavy atom. The van der Waals surface area contributed by atoms with Gasteiger partial charge < -0.3 is 8.83 Å². The normalized spacial score (nSPS) is 11.7. The molecule has 0 amide bonds. The zero-order valence-electron chi connectivity index (χ0n) is 28.9. The van der Waals surface area contributed by atoms with E-state index in [0.29, 0.717) is 17.5 Å². The minimum atomic E-state index is 0.589. The maximum absolute atomic E-state index is 6.38. The molecule has 11 aromatic rings. The number of nitrogens with zero attached hydrogens (tertiary/aromatic N) is 3. The van der Waals surface area contributed by atoms with Gasteiger partial charge in [-0.1, -0.05) is 146 Å². The van der Waals surface area contributed by atoms with E-state index in [1.54, 1.807) is 0 Å². The van der Waals surface area contributed by atoms with Crippen molar-refractivity contribution < 1.29 is 8.83 Å². The third-order valence-corrected chi connectivity index (χ3v) is 10.4. The van der Waals surface area contributed by atoms with Gasteiger partial charge in [0.15, 0.2) is 17.5 Å². The first-order valence-electron chi connectivity index (χ1n) is 18.0. The van der Waals surface area contributed by atoms with Gasteiger partial charge in [0.2, 0.25) is 0 Å². The largest absolute Gasteiger partial charge is 0.456 e. The summed E-state index contributed by atoms with van der Waals surface area (Å²) < 4.78 is 12.6. The SMILES string of the molecule is c1ccc(-c2ccc(-c3nc(-c4ccc(-c5ccc6c(c5)oc5ccc7ccccc7c56)cc4)nc(-c4cccc5oc6ccccc6c45)n3)cc2)cc1. The Bertz CT molecular complexity index is 3200. The van der Waals surface area contributed by atoms with Crippen molar-refractivity contribution in [2.24, 2.45) is 0 Å².